The van der Waals surface area contributed by atoms with E-state index in [0.717, 1.165) is 36.3 Å². The van der Waals surface area contributed by atoms with E-state index in [1.165, 1.54) is 5.57 Å². The number of rotatable bonds is 7. The molecule has 0 aromatic heterocycles. The summed E-state index contributed by atoms with van der Waals surface area (Å²) in [5.41, 5.74) is 2.37. The van der Waals surface area contributed by atoms with Crippen molar-refractivity contribution in [3.05, 3.63) is 35.4 Å². The smallest absolute Gasteiger partial charge is 0.250 e. The minimum absolute atomic E-state index is 0.157. The molecule has 2 nitrogen and oxygen atoms in total. The molecule has 1 aromatic carbocycles. The molecule has 0 amide bonds. The summed E-state index contributed by atoms with van der Waals surface area (Å²) < 4.78 is 12.0. The standard InChI is InChI=1S/C21H32O2Si/c1-9-10-11-12-17(2)20(23-24(7,8)21(3,4)5)18-13-15-19(22-6)16-14-18/h1,13-16H,10-12H2,2-8H3/b20-17-. The number of hydrogen-bond acceptors (Lipinski definition) is 2. The van der Waals surface area contributed by atoms with Crippen LogP contribution in [-0.4, -0.2) is 15.4 Å². The Morgan fingerprint density at radius 2 is 1.75 bits per heavy atom. The van der Waals surface area contributed by atoms with Crippen molar-refractivity contribution in [2.75, 3.05) is 7.11 Å². The lowest BCUT2D eigenvalue weighted by molar-refractivity contribution is 0.414. The van der Waals surface area contributed by atoms with Gasteiger partial charge in [-0.2, -0.15) is 0 Å². The molecular weight excluding hydrogens is 312 g/mol. The molecule has 0 saturated heterocycles. The molecule has 0 unspecified atom stereocenters. The zero-order valence-electron chi connectivity index (χ0n) is 16.3. The second-order valence-corrected chi connectivity index (χ2v) is 12.5. The van der Waals surface area contributed by atoms with E-state index in [9.17, 15) is 0 Å². The molecule has 1 aromatic rings. The lowest BCUT2D eigenvalue weighted by Crippen LogP contribution is -2.40. The van der Waals surface area contributed by atoms with Gasteiger partial charge in [0.2, 0.25) is 0 Å². The van der Waals surface area contributed by atoms with Gasteiger partial charge < -0.3 is 9.16 Å². The second kappa shape index (κ2) is 8.44. The molecule has 3 heteroatoms. The summed E-state index contributed by atoms with van der Waals surface area (Å²) in [5.74, 6) is 4.59. The van der Waals surface area contributed by atoms with Crippen molar-refractivity contribution in [1.82, 2.24) is 0 Å². The molecule has 0 N–H and O–H groups in total. The maximum atomic E-state index is 6.68. The summed E-state index contributed by atoms with van der Waals surface area (Å²) in [4.78, 5) is 0. The van der Waals surface area contributed by atoms with Crippen LogP contribution in [0.15, 0.2) is 29.8 Å². The van der Waals surface area contributed by atoms with Crippen LogP contribution in [0.4, 0.5) is 0 Å². The molecule has 24 heavy (non-hydrogen) atoms. The summed E-state index contributed by atoms with van der Waals surface area (Å²) in [6, 6.07) is 8.12. The minimum Gasteiger partial charge on any atom is -0.543 e. The van der Waals surface area contributed by atoms with Crippen molar-refractivity contribution < 1.29 is 9.16 Å². The van der Waals surface area contributed by atoms with Crippen LogP contribution in [0.1, 0.15) is 52.5 Å². The molecule has 0 heterocycles. The Hall–Kier alpha value is -1.66. The number of unbranched alkanes of at least 4 members (excludes halogenated alkanes) is 1. The average molecular weight is 345 g/mol. The number of hydrogen-bond donors (Lipinski definition) is 0. The largest absolute Gasteiger partial charge is 0.543 e. The fraction of sp³-hybridized carbons (Fsp3) is 0.524. The molecule has 0 aliphatic heterocycles. The summed E-state index contributed by atoms with van der Waals surface area (Å²) >= 11 is 0. The Kier molecular flexibility index (Phi) is 7.17. The lowest BCUT2D eigenvalue weighted by Gasteiger charge is -2.38. The van der Waals surface area contributed by atoms with Crippen molar-refractivity contribution in [3.63, 3.8) is 0 Å². The Balaban J connectivity index is 3.20. The summed E-state index contributed by atoms with van der Waals surface area (Å²) in [6.07, 6.45) is 8.13. The van der Waals surface area contributed by atoms with E-state index in [1.54, 1.807) is 7.11 Å². The SMILES string of the molecule is C#CCCC/C(C)=C(\O[Si](C)(C)C(C)(C)C)c1ccc(OC)cc1. The van der Waals surface area contributed by atoms with Gasteiger partial charge in [-0.05, 0) is 67.7 Å². The molecule has 132 valence electrons. The summed E-state index contributed by atoms with van der Waals surface area (Å²) in [7, 11) is -0.229. The predicted octanol–water partition coefficient (Wildman–Crippen LogP) is 6.25. The Labute approximate surface area is 149 Å². The van der Waals surface area contributed by atoms with Crippen LogP contribution in [0.25, 0.3) is 5.76 Å². The van der Waals surface area contributed by atoms with Crippen LogP contribution >= 0.6 is 0 Å². The first-order valence-electron chi connectivity index (χ1n) is 8.59. The highest BCUT2D eigenvalue weighted by Gasteiger charge is 2.39. The van der Waals surface area contributed by atoms with E-state index in [-0.39, 0.29) is 5.04 Å². The van der Waals surface area contributed by atoms with Gasteiger partial charge in [0, 0.05) is 12.0 Å². The van der Waals surface area contributed by atoms with E-state index in [2.05, 4.69) is 58.8 Å². The van der Waals surface area contributed by atoms with Crippen LogP contribution in [0.5, 0.6) is 5.75 Å². The topological polar surface area (TPSA) is 18.5 Å². The van der Waals surface area contributed by atoms with Gasteiger partial charge in [0.05, 0.1) is 7.11 Å². The number of methoxy groups -OCH3 is 1. The molecule has 0 radical (unpaired) electrons. The predicted molar refractivity (Wildman–Crippen MR) is 107 cm³/mol. The highest BCUT2D eigenvalue weighted by molar-refractivity contribution is 6.74. The van der Waals surface area contributed by atoms with Gasteiger partial charge in [0.1, 0.15) is 11.5 Å². The Bertz CT molecular complexity index is 598. The van der Waals surface area contributed by atoms with Gasteiger partial charge in [0.15, 0.2) is 0 Å². The normalized spacial score (nSPS) is 13.1. The first-order chi connectivity index (χ1) is 11.1. The zero-order valence-corrected chi connectivity index (χ0v) is 17.3. The van der Waals surface area contributed by atoms with Crippen LogP contribution in [0, 0.1) is 12.3 Å². The van der Waals surface area contributed by atoms with Crippen LogP contribution in [-0.2, 0) is 4.43 Å². The number of allylic oxidation sites excluding steroid dienone is 1. The average Bonchev–Trinajstić information content (AvgIpc) is 2.52. The third-order valence-electron chi connectivity index (χ3n) is 4.78. The van der Waals surface area contributed by atoms with Crippen molar-refractivity contribution in [1.29, 1.82) is 0 Å². The van der Waals surface area contributed by atoms with Crippen LogP contribution in [0.3, 0.4) is 0 Å². The van der Waals surface area contributed by atoms with Crippen molar-refractivity contribution in [2.24, 2.45) is 0 Å². The Morgan fingerprint density at radius 3 is 2.21 bits per heavy atom. The van der Waals surface area contributed by atoms with Crippen molar-refractivity contribution in [3.8, 4) is 18.1 Å². The molecule has 0 fully saturated rings. The van der Waals surface area contributed by atoms with E-state index in [4.69, 9.17) is 15.6 Å². The quantitative estimate of drug-likeness (QED) is 0.252. The third kappa shape index (κ3) is 5.45. The third-order valence-corrected chi connectivity index (χ3v) is 9.10. The monoisotopic (exact) mass is 344 g/mol. The maximum absolute atomic E-state index is 6.68. The number of ether oxygens (including phenoxy) is 1. The fourth-order valence-electron chi connectivity index (χ4n) is 2.11. The molecule has 0 aliphatic carbocycles. The molecular formula is C21H32O2Si. The molecule has 0 bridgehead atoms. The highest BCUT2D eigenvalue weighted by atomic mass is 28.4. The summed E-state index contributed by atoms with van der Waals surface area (Å²) in [5, 5.41) is 0.157. The van der Waals surface area contributed by atoms with Gasteiger partial charge >= 0.3 is 0 Å². The Morgan fingerprint density at radius 1 is 1.17 bits per heavy atom. The van der Waals surface area contributed by atoms with Gasteiger partial charge in [-0.3, -0.25) is 0 Å². The van der Waals surface area contributed by atoms with Crippen molar-refractivity contribution in [2.45, 2.75) is 65.1 Å². The van der Waals surface area contributed by atoms with E-state index >= 15 is 0 Å². The number of benzene rings is 1. The first kappa shape index (κ1) is 20.4. The van der Waals surface area contributed by atoms with Gasteiger partial charge in [-0.15, -0.1) is 12.3 Å². The molecule has 0 spiro atoms. The number of terminal acetylenes is 1. The minimum atomic E-state index is -1.91. The lowest BCUT2D eigenvalue weighted by atomic mass is 10.0. The molecule has 0 aliphatic rings. The highest BCUT2D eigenvalue weighted by Crippen LogP contribution is 2.40. The summed E-state index contributed by atoms with van der Waals surface area (Å²) in [6.45, 7) is 13.5. The van der Waals surface area contributed by atoms with E-state index < -0.39 is 8.32 Å². The van der Waals surface area contributed by atoms with Crippen LogP contribution in [0.2, 0.25) is 18.1 Å². The molecule has 0 saturated carbocycles. The van der Waals surface area contributed by atoms with Gasteiger partial charge in [0.25, 0.3) is 8.32 Å². The molecule has 1 rings (SSSR count). The van der Waals surface area contributed by atoms with E-state index in [0.29, 0.717) is 0 Å². The fourth-order valence-corrected chi connectivity index (χ4v) is 3.22. The second-order valence-electron chi connectivity index (χ2n) is 7.76. The maximum Gasteiger partial charge on any atom is 0.250 e. The van der Waals surface area contributed by atoms with Gasteiger partial charge in [-0.25, -0.2) is 0 Å². The van der Waals surface area contributed by atoms with Gasteiger partial charge in [-0.1, -0.05) is 20.8 Å². The molecule has 0 atom stereocenters. The van der Waals surface area contributed by atoms with E-state index in [1.807, 2.05) is 12.1 Å². The zero-order chi connectivity index (χ0) is 18.4. The first-order valence-corrected chi connectivity index (χ1v) is 11.5. The van der Waals surface area contributed by atoms with Crippen molar-refractivity contribution >= 4 is 14.1 Å². The van der Waals surface area contributed by atoms with Crippen LogP contribution < -0.4 is 4.74 Å².